The Kier molecular flexibility index (Phi) is 3.39. The highest BCUT2D eigenvalue weighted by Gasteiger charge is 2.21. The Hall–Kier alpha value is -1.60. The van der Waals surface area contributed by atoms with Crippen LogP contribution in [0.2, 0.25) is 0 Å². The van der Waals surface area contributed by atoms with Crippen LogP contribution in [0.25, 0.3) is 0 Å². The second kappa shape index (κ2) is 5.18. The van der Waals surface area contributed by atoms with E-state index >= 15 is 0 Å². The van der Waals surface area contributed by atoms with Crippen LogP contribution in [-0.4, -0.2) is 38.9 Å². The van der Waals surface area contributed by atoms with Gasteiger partial charge in [0.2, 0.25) is 0 Å². The predicted molar refractivity (Wildman–Crippen MR) is 71.9 cm³/mol. The minimum Gasteiger partial charge on any atom is -0.312 e. The number of pyridine rings is 1. The zero-order chi connectivity index (χ0) is 13.2. The Bertz CT molecular complexity index is 590. The molecule has 0 bridgehead atoms. The number of nitrogens with one attached hydrogen (secondary N) is 1. The summed E-state index contributed by atoms with van der Waals surface area (Å²) < 4.78 is 2.64. The molecule has 0 aromatic carbocycles. The van der Waals surface area contributed by atoms with Crippen LogP contribution in [0, 0.1) is 0 Å². The van der Waals surface area contributed by atoms with Crippen molar-refractivity contribution in [3.8, 4) is 0 Å². The third kappa shape index (κ3) is 2.71. The molecule has 1 aliphatic heterocycles. The number of carbonyl (C=O) groups is 1. The van der Waals surface area contributed by atoms with Crippen molar-refractivity contribution in [1.82, 2.24) is 25.3 Å². The summed E-state index contributed by atoms with van der Waals surface area (Å²) in [5, 5.41) is 11.1. The van der Waals surface area contributed by atoms with E-state index < -0.39 is 0 Å². The SMILES string of the molecule is O=C(Cc1ccc(Br)cn1)c1cn(C2CNC2)nn1. The monoisotopic (exact) mass is 321 g/mol. The molecule has 1 saturated heterocycles. The van der Waals surface area contributed by atoms with Gasteiger partial charge in [0.05, 0.1) is 18.7 Å². The van der Waals surface area contributed by atoms with E-state index in [9.17, 15) is 4.79 Å². The maximum atomic E-state index is 12.1. The number of Topliss-reactive ketones (excluding diaryl/α,β-unsaturated/α-hetero) is 1. The van der Waals surface area contributed by atoms with Crippen LogP contribution < -0.4 is 5.32 Å². The molecule has 1 fully saturated rings. The van der Waals surface area contributed by atoms with Crippen molar-refractivity contribution >= 4 is 21.7 Å². The Morgan fingerprint density at radius 1 is 1.47 bits per heavy atom. The van der Waals surface area contributed by atoms with E-state index in [1.54, 1.807) is 17.1 Å². The number of carbonyl (C=O) groups excluding carboxylic acids is 1. The van der Waals surface area contributed by atoms with Crippen molar-refractivity contribution in [1.29, 1.82) is 0 Å². The second-order valence-corrected chi connectivity index (χ2v) is 5.38. The second-order valence-electron chi connectivity index (χ2n) is 4.46. The minimum atomic E-state index is -0.0617. The van der Waals surface area contributed by atoms with Crippen LogP contribution in [0.15, 0.2) is 29.0 Å². The fourth-order valence-corrected chi connectivity index (χ4v) is 2.04. The van der Waals surface area contributed by atoms with Gasteiger partial charge in [-0.25, -0.2) is 4.68 Å². The highest BCUT2D eigenvalue weighted by Crippen LogP contribution is 2.12. The van der Waals surface area contributed by atoms with Crippen LogP contribution in [0.5, 0.6) is 0 Å². The summed E-state index contributed by atoms with van der Waals surface area (Å²) >= 11 is 3.31. The van der Waals surface area contributed by atoms with E-state index in [1.165, 1.54) is 0 Å². The van der Waals surface area contributed by atoms with Crippen LogP contribution in [0.3, 0.4) is 0 Å². The van der Waals surface area contributed by atoms with Gasteiger partial charge in [-0.2, -0.15) is 0 Å². The molecular formula is C12H12BrN5O. The molecule has 19 heavy (non-hydrogen) atoms. The smallest absolute Gasteiger partial charge is 0.190 e. The van der Waals surface area contributed by atoms with E-state index in [2.05, 4.69) is 36.5 Å². The zero-order valence-corrected chi connectivity index (χ0v) is 11.7. The van der Waals surface area contributed by atoms with Gasteiger partial charge in [-0.1, -0.05) is 5.21 Å². The van der Waals surface area contributed by atoms with Crippen LogP contribution in [0.1, 0.15) is 22.2 Å². The maximum absolute atomic E-state index is 12.1. The van der Waals surface area contributed by atoms with Crippen LogP contribution in [-0.2, 0) is 6.42 Å². The summed E-state index contributed by atoms with van der Waals surface area (Å²) in [5.41, 5.74) is 1.13. The molecular weight excluding hydrogens is 310 g/mol. The molecule has 0 amide bonds. The molecule has 1 aliphatic rings. The van der Waals surface area contributed by atoms with Crippen molar-refractivity contribution in [2.24, 2.45) is 0 Å². The van der Waals surface area contributed by atoms with Crippen molar-refractivity contribution in [2.75, 3.05) is 13.1 Å². The summed E-state index contributed by atoms with van der Waals surface area (Å²) in [6.07, 6.45) is 3.64. The van der Waals surface area contributed by atoms with Gasteiger partial charge in [0.25, 0.3) is 0 Å². The van der Waals surface area contributed by atoms with Crippen molar-refractivity contribution in [3.63, 3.8) is 0 Å². The number of halogens is 1. The fraction of sp³-hybridized carbons (Fsp3) is 0.333. The Morgan fingerprint density at radius 2 is 2.32 bits per heavy atom. The third-order valence-electron chi connectivity index (χ3n) is 3.06. The molecule has 0 radical (unpaired) electrons. The summed E-state index contributed by atoms with van der Waals surface area (Å²) in [4.78, 5) is 16.2. The first-order chi connectivity index (χ1) is 9.22. The fourth-order valence-electron chi connectivity index (χ4n) is 1.81. The molecule has 3 rings (SSSR count). The minimum absolute atomic E-state index is 0.0617. The lowest BCUT2D eigenvalue weighted by Crippen LogP contribution is -2.43. The van der Waals surface area contributed by atoms with Gasteiger partial charge >= 0.3 is 0 Å². The van der Waals surface area contributed by atoms with E-state index in [4.69, 9.17) is 0 Å². The van der Waals surface area contributed by atoms with E-state index in [-0.39, 0.29) is 12.2 Å². The van der Waals surface area contributed by atoms with Crippen LogP contribution in [0.4, 0.5) is 0 Å². The zero-order valence-electron chi connectivity index (χ0n) is 10.1. The highest BCUT2D eigenvalue weighted by molar-refractivity contribution is 9.10. The van der Waals surface area contributed by atoms with Gasteiger partial charge < -0.3 is 5.32 Å². The van der Waals surface area contributed by atoms with Crippen molar-refractivity contribution in [3.05, 3.63) is 40.4 Å². The van der Waals surface area contributed by atoms with Crippen LogP contribution >= 0.6 is 15.9 Å². The molecule has 0 saturated carbocycles. The molecule has 3 heterocycles. The Labute approximate surface area is 118 Å². The lowest BCUT2D eigenvalue weighted by Gasteiger charge is -2.26. The summed E-state index contributed by atoms with van der Waals surface area (Å²) in [5.74, 6) is -0.0617. The Morgan fingerprint density at radius 3 is 2.95 bits per heavy atom. The first-order valence-corrected chi connectivity index (χ1v) is 6.78. The molecule has 2 aromatic heterocycles. The third-order valence-corrected chi connectivity index (χ3v) is 3.53. The van der Waals surface area contributed by atoms with Crippen molar-refractivity contribution in [2.45, 2.75) is 12.5 Å². The average molecular weight is 322 g/mol. The van der Waals surface area contributed by atoms with Gasteiger partial charge in [0.15, 0.2) is 5.78 Å². The number of rotatable bonds is 4. The molecule has 0 aliphatic carbocycles. The van der Waals surface area contributed by atoms with Gasteiger partial charge in [-0.3, -0.25) is 9.78 Å². The van der Waals surface area contributed by atoms with E-state index in [0.717, 1.165) is 23.3 Å². The summed E-state index contributed by atoms with van der Waals surface area (Å²) in [6, 6.07) is 4.01. The van der Waals surface area contributed by atoms with E-state index in [0.29, 0.717) is 11.7 Å². The van der Waals surface area contributed by atoms with Gasteiger partial charge in [0, 0.05) is 29.5 Å². The lowest BCUT2D eigenvalue weighted by atomic mass is 10.1. The van der Waals surface area contributed by atoms with Gasteiger partial charge in [0.1, 0.15) is 5.69 Å². The number of nitrogens with zero attached hydrogens (tertiary/aromatic N) is 4. The van der Waals surface area contributed by atoms with Gasteiger partial charge in [-0.15, -0.1) is 5.10 Å². The quantitative estimate of drug-likeness (QED) is 0.851. The van der Waals surface area contributed by atoms with Gasteiger partial charge in [-0.05, 0) is 28.1 Å². The molecule has 0 spiro atoms. The molecule has 6 nitrogen and oxygen atoms in total. The number of ketones is 1. The normalized spacial score (nSPS) is 15.2. The Balaban J connectivity index is 1.69. The average Bonchev–Trinajstić information content (AvgIpc) is 2.79. The maximum Gasteiger partial charge on any atom is 0.190 e. The van der Waals surface area contributed by atoms with E-state index in [1.807, 2.05) is 12.1 Å². The standard InChI is InChI=1S/C12H12BrN5O/c13-8-1-2-9(15-4-8)3-12(19)11-7-18(17-16-11)10-5-14-6-10/h1-2,4,7,10,14H,3,5-6H2. The summed E-state index contributed by atoms with van der Waals surface area (Å²) in [6.45, 7) is 1.76. The topological polar surface area (TPSA) is 72.7 Å². The summed E-state index contributed by atoms with van der Waals surface area (Å²) in [7, 11) is 0. The molecule has 98 valence electrons. The molecule has 7 heteroatoms. The molecule has 1 N–H and O–H groups in total. The molecule has 0 atom stereocenters. The first kappa shape index (κ1) is 12.4. The lowest BCUT2D eigenvalue weighted by molar-refractivity contribution is 0.0987. The predicted octanol–water partition coefficient (Wildman–Crippen LogP) is 1.01. The highest BCUT2D eigenvalue weighted by atomic mass is 79.9. The first-order valence-electron chi connectivity index (χ1n) is 5.98. The number of hydrogen-bond donors (Lipinski definition) is 1. The van der Waals surface area contributed by atoms with Crippen molar-refractivity contribution < 1.29 is 4.79 Å². The largest absolute Gasteiger partial charge is 0.312 e. The number of aromatic nitrogens is 4. The molecule has 2 aromatic rings. The number of hydrogen-bond acceptors (Lipinski definition) is 5. The molecule has 0 unspecified atom stereocenters.